The van der Waals surface area contributed by atoms with Gasteiger partial charge in [-0.05, 0) is 42.3 Å². The van der Waals surface area contributed by atoms with E-state index in [2.05, 4.69) is 0 Å². The van der Waals surface area contributed by atoms with E-state index in [4.69, 9.17) is 16.3 Å². The standard InChI is InChI=1S/C17H19ClO4S/c1-17(19,14-5-7-15(18)8-6-14)12-23(20,21)11-13-3-9-16(22-2)10-4-13/h3-10,19H,11-12H2,1-2H3/t17-/m1/s1. The predicted molar refractivity (Wildman–Crippen MR) is 91.5 cm³/mol. The summed E-state index contributed by atoms with van der Waals surface area (Å²) in [4.78, 5) is 0. The summed E-state index contributed by atoms with van der Waals surface area (Å²) in [6.07, 6.45) is 0. The highest BCUT2D eigenvalue weighted by Gasteiger charge is 2.30. The molecule has 0 heterocycles. The van der Waals surface area contributed by atoms with Crippen molar-refractivity contribution in [3.63, 3.8) is 0 Å². The maximum absolute atomic E-state index is 12.4. The predicted octanol–water partition coefficient (Wildman–Crippen LogP) is 3.17. The molecule has 6 heteroatoms. The van der Waals surface area contributed by atoms with E-state index >= 15 is 0 Å². The third-order valence-corrected chi connectivity index (χ3v) is 5.54. The SMILES string of the molecule is COc1ccc(CS(=O)(=O)C[C@@](C)(O)c2ccc(Cl)cc2)cc1. The Balaban J connectivity index is 2.14. The van der Waals surface area contributed by atoms with E-state index in [1.165, 1.54) is 6.92 Å². The molecule has 0 spiro atoms. The van der Waals surface area contributed by atoms with Gasteiger partial charge in [-0.15, -0.1) is 0 Å². The van der Waals surface area contributed by atoms with Gasteiger partial charge >= 0.3 is 0 Å². The van der Waals surface area contributed by atoms with Crippen molar-refractivity contribution in [2.75, 3.05) is 12.9 Å². The molecule has 124 valence electrons. The van der Waals surface area contributed by atoms with Crippen LogP contribution in [0.3, 0.4) is 0 Å². The van der Waals surface area contributed by atoms with Crippen LogP contribution in [0.15, 0.2) is 48.5 Å². The molecule has 0 amide bonds. The number of methoxy groups -OCH3 is 1. The second-order valence-corrected chi connectivity index (χ2v) is 8.16. The number of ether oxygens (including phenoxy) is 1. The van der Waals surface area contributed by atoms with Crippen molar-refractivity contribution in [2.45, 2.75) is 18.3 Å². The molecular formula is C17H19ClO4S. The molecule has 2 aromatic carbocycles. The van der Waals surface area contributed by atoms with Gasteiger partial charge in [0.25, 0.3) is 0 Å². The van der Waals surface area contributed by atoms with Gasteiger partial charge in [0, 0.05) is 5.02 Å². The summed E-state index contributed by atoms with van der Waals surface area (Å²) in [6.45, 7) is 1.49. The van der Waals surface area contributed by atoms with Crippen LogP contribution in [0.2, 0.25) is 5.02 Å². The molecule has 0 aliphatic rings. The van der Waals surface area contributed by atoms with Crippen LogP contribution in [0.4, 0.5) is 0 Å². The largest absolute Gasteiger partial charge is 0.497 e. The lowest BCUT2D eigenvalue weighted by Crippen LogP contribution is -2.31. The fourth-order valence-corrected chi connectivity index (χ4v) is 4.30. The fraction of sp³-hybridized carbons (Fsp3) is 0.294. The summed E-state index contributed by atoms with van der Waals surface area (Å²) in [7, 11) is -1.94. The van der Waals surface area contributed by atoms with Crippen LogP contribution in [0.1, 0.15) is 18.1 Å². The van der Waals surface area contributed by atoms with Crippen LogP contribution in [0.5, 0.6) is 5.75 Å². The zero-order chi connectivity index (χ0) is 17.1. The molecule has 0 bridgehead atoms. The number of hydrogen-bond donors (Lipinski definition) is 1. The lowest BCUT2D eigenvalue weighted by Gasteiger charge is -2.23. The molecule has 0 aromatic heterocycles. The van der Waals surface area contributed by atoms with Crippen molar-refractivity contribution in [1.29, 1.82) is 0 Å². The minimum absolute atomic E-state index is 0.138. The van der Waals surface area contributed by atoms with Crippen molar-refractivity contribution >= 4 is 21.4 Å². The second kappa shape index (κ2) is 6.91. The molecule has 2 aromatic rings. The van der Waals surface area contributed by atoms with Gasteiger partial charge in [0.05, 0.1) is 18.6 Å². The zero-order valence-electron chi connectivity index (χ0n) is 13.0. The zero-order valence-corrected chi connectivity index (χ0v) is 14.6. The van der Waals surface area contributed by atoms with Gasteiger partial charge in [-0.25, -0.2) is 8.42 Å². The molecule has 23 heavy (non-hydrogen) atoms. The highest BCUT2D eigenvalue weighted by Crippen LogP contribution is 2.25. The van der Waals surface area contributed by atoms with Crippen LogP contribution in [-0.2, 0) is 21.2 Å². The smallest absolute Gasteiger partial charge is 0.157 e. The Bertz CT molecular complexity index is 750. The van der Waals surface area contributed by atoms with Crippen molar-refractivity contribution in [1.82, 2.24) is 0 Å². The Morgan fingerprint density at radius 3 is 2.17 bits per heavy atom. The van der Waals surface area contributed by atoms with E-state index in [1.807, 2.05) is 0 Å². The van der Waals surface area contributed by atoms with E-state index < -0.39 is 15.4 Å². The second-order valence-electron chi connectivity index (χ2n) is 5.66. The lowest BCUT2D eigenvalue weighted by atomic mass is 9.98. The van der Waals surface area contributed by atoms with Crippen LogP contribution >= 0.6 is 11.6 Å². The molecule has 0 aliphatic heterocycles. The topological polar surface area (TPSA) is 63.6 Å². The van der Waals surface area contributed by atoms with Crippen LogP contribution in [0, 0.1) is 0 Å². The van der Waals surface area contributed by atoms with E-state index in [-0.39, 0.29) is 11.5 Å². The van der Waals surface area contributed by atoms with Gasteiger partial charge in [-0.3, -0.25) is 0 Å². The van der Waals surface area contributed by atoms with Crippen LogP contribution in [-0.4, -0.2) is 26.4 Å². The highest BCUT2D eigenvalue weighted by atomic mass is 35.5. The summed E-state index contributed by atoms with van der Waals surface area (Å²) >= 11 is 5.82. The Morgan fingerprint density at radius 2 is 1.65 bits per heavy atom. The Labute approximate surface area is 141 Å². The average Bonchev–Trinajstić information content (AvgIpc) is 2.47. The van der Waals surface area contributed by atoms with Gasteiger partial charge in [0.1, 0.15) is 11.4 Å². The average molecular weight is 355 g/mol. The maximum atomic E-state index is 12.4. The third-order valence-electron chi connectivity index (χ3n) is 3.51. The van der Waals surface area contributed by atoms with Gasteiger partial charge in [-0.1, -0.05) is 35.9 Å². The highest BCUT2D eigenvalue weighted by molar-refractivity contribution is 7.90. The van der Waals surface area contributed by atoms with E-state index in [0.717, 1.165) is 0 Å². The molecule has 1 atom stereocenters. The van der Waals surface area contributed by atoms with E-state index in [9.17, 15) is 13.5 Å². The normalized spacial score (nSPS) is 14.3. The van der Waals surface area contributed by atoms with Gasteiger partial charge in [-0.2, -0.15) is 0 Å². The summed E-state index contributed by atoms with van der Waals surface area (Å²) in [5.74, 6) is 0.160. The first-order valence-electron chi connectivity index (χ1n) is 7.04. The van der Waals surface area contributed by atoms with E-state index in [1.54, 1.807) is 55.6 Å². The third kappa shape index (κ3) is 4.96. The summed E-state index contributed by atoms with van der Waals surface area (Å²) in [5, 5.41) is 11.1. The van der Waals surface area contributed by atoms with Crippen LogP contribution in [0.25, 0.3) is 0 Å². The molecule has 0 saturated carbocycles. The Kier molecular flexibility index (Phi) is 5.34. The first-order chi connectivity index (χ1) is 10.7. The Hall–Kier alpha value is -1.56. The Morgan fingerprint density at radius 1 is 1.09 bits per heavy atom. The molecular weight excluding hydrogens is 336 g/mol. The molecule has 0 saturated heterocycles. The lowest BCUT2D eigenvalue weighted by molar-refractivity contribution is 0.0819. The number of hydrogen-bond acceptors (Lipinski definition) is 4. The molecule has 0 radical (unpaired) electrons. The first kappa shape index (κ1) is 17.8. The summed E-state index contributed by atoms with van der Waals surface area (Å²) in [5.41, 5.74) is -0.312. The van der Waals surface area contributed by atoms with Crippen molar-refractivity contribution in [3.8, 4) is 5.75 Å². The van der Waals surface area contributed by atoms with Crippen LogP contribution < -0.4 is 4.74 Å². The van der Waals surface area contributed by atoms with Crippen molar-refractivity contribution < 1.29 is 18.3 Å². The maximum Gasteiger partial charge on any atom is 0.157 e. The number of rotatable bonds is 6. The number of halogens is 1. The quantitative estimate of drug-likeness (QED) is 0.865. The number of benzene rings is 2. The molecule has 2 rings (SSSR count). The first-order valence-corrected chi connectivity index (χ1v) is 9.23. The van der Waals surface area contributed by atoms with E-state index in [0.29, 0.717) is 21.9 Å². The van der Waals surface area contributed by atoms with Gasteiger partial charge in [0.2, 0.25) is 0 Å². The number of sulfone groups is 1. The van der Waals surface area contributed by atoms with Crippen molar-refractivity contribution in [3.05, 3.63) is 64.7 Å². The summed E-state index contributed by atoms with van der Waals surface area (Å²) < 4.78 is 29.8. The molecule has 1 N–H and O–H groups in total. The van der Waals surface area contributed by atoms with Gasteiger partial charge in [0.15, 0.2) is 9.84 Å². The molecule has 4 nitrogen and oxygen atoms in total. The molecule has 0 unspecified atom stereocenters. The minimum Gasteiger partial charge on any atom is -0.497 e. The van der Waals surface area contributed by atoms with Gasteiger partial charge < -0.3 is 9.84 Å². The fourth-order valence-electron chi connectivity index (χ4n) is 2.35. The molecule has 0 aliphatic carbocycles. The number of aliphatic hydroxyl groups is 1. The van der Waals surface area contributed by atoms with Crippen molar-refractivity contribution in [2.24, 2.45) is 0 Å². The summed E-state index contributed by atoms with van der Waals surface area (Å²) in [6, 6.07) is 13.3. The monoisotopic (exact) mass is 354 g/mol. The molecule has 0 fully saturated rings. The minimum atomic E-state index is -3.49.